The van der Waals surface area contributed by atoms with E-state index >= 15 is 0 Å². The molecular weight excluding hydrogens is 426 g/mol. The second-order valence-electron chi connectivity index (χ2n) is 7.89. The Morgan fingerprint density at radius 2 is 1.66 bits per heavy atom. The van der Waals surface area contributed by atoms with E-state index < -0.39 is 22.0 Å². The van der Waals surface area contributed by atoms with Crippen molar-refractivity contribution in [1.29, 1.82) is 0 Å². The van der Waals surface area contributed by atoms with Crippen LogP contribution in [-0.4, -0.2) is 57.1 Å². The highest BCUT2D eigenvalue weighted by Crippen LogP contribution is 2.19. The zero-order valence-corrected chi connectivity index (χ0v) is 20.1. The minimum Gasteiger partial charge on any atom is -0.354 e. The monoisotopic (exact) mass is 459 g/mol. The lowest BCUT2D eigenvalue weighted by Gasteiger charge is -2.31. The van der Waals surface area contributed by atoms with Crippen molar-refractivity contribution in [3.05, 3.63) is 65.7 Å². The van der Waals surface area contributed by atoms with Crippen LogP contribution in [0, 0.1) is 6.92 Å². The number of benzene rings is 2. The Hall–Kier alpha value is -2.87. The molecule has 0 aliphatic carbocycles. The second kappa shape index (κ2) is 11.7. The molecule has 0 bridgehead atoms. The number of carbonyl (C=O) groups excluding carboxylic acids is 2. The van der Waals surface area contributed by atoms with E-state index in [1.165, 1.54) is 4.90 Å². The van der Waals surface area contributed by atoms with E-state index in [0.29, 0.717) is 25.2 Å². The van der Waals surface area contributed by atoms with E-state index in [1.807, 2.05) is 44.2 Å². The molecule has 0 unspecified atom stereocenters. The fourth-order valence-corrected chi connectivity index (χ4v) is 4.14. The Morgan fingerprint density at radius 1 is 1.03 bits per heavy atom. The minimum absolute atomic E-state index is 0.255. The van der Waals surface area contributed by atoms with Gasteiger partial charge in [-0.25, -0.2) is 8.42 Å². The standard InChI is InChI=1S/C24H33N3O4S/c1-5-16-25-24(29)20(3)26(17-15-21-9-7-6-8-10-21)23(28)18-27(32(4,30)31)22-13-11-19(2)12-14-22/h6-14,20H,5,15-18H2,1-4H3,(H,25,29)/t20-/m0/s1. The van der Waals surface area contributed by atoms with E-state index in [9.17, 15) is 18.0 Å². The third-order valence-electron chi connectivity index (χ3n) is 5.20. The number of carbonyl (C=O) groups is 2. The van der Waals surface area contributed by atoms with Gasteiger partial charge in [0.2, 0.25) is 21.8 Å². The minimum atomic E-state index is -3.70. The molecular formula is C24H33N3O4S. The van der Waals surface area contributed by atoms with Crippen LogP contribution in [0.3, 0.4) is 0 Å². The van der Waals surface area contributed by atoms with E-state index in [1.54, 1.807) is 31.2 Å². The first-order valence-electron chi connectivity index (χ1n) is 10.8. The lowest BCUT2D eigenvalue weighted by Crippen LogP contribution is -2.52. The first-order chi connectivity index (χ1) is 15.1. The van der Waals surface area contributed by atoms with Crippen LogP contribution >= 0.6 is 0 Å². The van der Waals surface area contributed by atoms with Crippen molar-refractivity contribution in [1.82, 2.24) is 10.2 Å². The Bertz CT molecular complexity index is 992. The Labute approximate surface area is 191 Å². The molecule has 0 aliphatic heterocycles. The molecule has 0 aromatic heterocycles. The van der Waals surface area contributed by atoms with Gasteiger partial charge in [0.25, 0.3) is 0 Å². The quantitative estimate of drug-likeness (QED) is 0.560. The van der Waals surface area contributed by atoms with Crippen LogP contribution in [0.5, 0.6) is 0 Å². The highest BCUT2D eigenvalue weighted by molar-refractivity contribution is 7.92. The SMILES string of the molecule is CCCNC(=O)[C@H](C)N(CCc1ccccc1)C(=O)CN(c1ccc(C)cc1)S(C)(=O)=O. The van der Waals surface area contributed by atoms with Gasteiger partial charge in [0.05, 0.1) is 11.9 Å². The average Bonchev–Trinajstić information content (AvgIpc) is 2.76. The summed E-state index contributed by atoms with van der Waals surface area (Å²) in [5.41, 5.74) is 2.43. The smallest absolute Gasteiger partial charge is 0.244 e. The maximum absolute atomic E-state index is 13.3. The fourth-order valence-electron chi connectivity index (χ4n) is 3.29. The molecule has 7 nitrogen and oxygen atoms in total. The van der Waals surface area contributed by atoms with Crippen LogP contribution < -0.4 is 9.62 Å². The fraction of sp³-hybridized carbons (Fsp3) is 0.417. The average molecular weight is 460 g/mol. The van der Waals surface area contributed by atoms with Crippen molar-refractivity contribution in [2.75, 3.05) is 30.2 Å². The number of sulfonamides is 1. The summed E-state index contributed by atoms with van der Waals surface area (Å²) in [7, 11) is -3.70. The summed E-state index contributed by atoms with van der Waals surface area (Å²) < 4.78 is 26.0. The van der Waals surface area contributed by atoms with Gasteiger partial charge >= 0.3 is 0 Å². The zero-order chi connectivity index (χ0) is 23.7. The van der Waals surface area contributed by atoms with Gasteiger partial charge in [-0.3, -0.25) is 13.9 Å². The van der Waals surface area contributed by atoms with Crippen molar-refractivity contribution in [3.63, 3.8) is 0 Å². The second-order valence-corrected chi connectivity index (χ2v) is 9.80. The van der Waals surface area contributed by atoms with Gasteiger partial charge in [-0.2, -0.15) is 0 Å². The van der Waals surface area contributed by atoms with Crippen molar-refractivity contribution < 1.29 is 18.0 Å². The highest BCUT2D eigenvalue weighted by Gasteiger charge is 2.29. The van der Waals surface area contributed by atoms with Crippen LogP contribution in [0.15, 0.2) is 54.6 Å². The molecule has 174 valence electrons. The summed E-state index contributed by atoms with van der Waals surface area (Å²) in [5, 5.41) is 2.82. The van der Waals surface area contributed by atoms with E-state index in [4.69, 9.17) is 0 Å². The molecule has 0 radical (unpaired) electrons. The van der Waals surface area contributed by atoms with E-state index in [-0.39, 0.29) is 12.5 Å². The predicted molar refractivity (Wildman–Crippen MR) is 128 cm³/mol. The van der Waals surface area contributed by atoms with Gasteiger partial charge in [-0.05, 0) is 44.4 Å². The zero-order valence-electron chi connectivity index (χ0n) is 19.2. The first kappa shape index (κ1) is 25.4. The third kappa shape index (κ3) is 7.37. The normalized spacial score (nSPS) is 12.1. The number of rotatable bonds is 11. The molecule has 0 spiro atoms. The summed E-state index contributed by atoms with van der Waals surface area (Å²) in [5.74, 6) is -0.680. The number of amides is 2. The van der Waals surface area contributed by atoms with Crippen LogP contribution in [0.25, 0.3) is 0 Å². The van der Waals surface area contributed by atoms with Crippen molar-refractivity contribution >= 4 is 27.5 Å². The number of aryl methyl sites for hydroxylation is 1. The number of hydrogen-bond acceptors (Lipinski definition) is 4. The van der Waals surface area contributed by atoms with Crippen molar-refractivity contribution in [2.24, 2.45) is 0 Å². The number of hydrogen-bond donors (Lipinski definition) is 1. The molecule has 2 aromatic rings. The van der Waals surface area contributed by atoms with Crippen LogP contribution in [0.4, 0.5) is 5.69 Å². The summed E-state index contributed by atoms with van der Waals surface area (Å²) in [6.45, 7) is 5.97. The summed E-state index contributed by atoms with van der Waals surface area (Å²) in [4.78, 5) is 27.4. The number of nitrogens with zero attached hydrogens (tertiary/aromatic N) is 2. The summed E-state index contributed by atoms with van der Waals surface area (Å²) in [6.07, 6.45) is 2.42. The van der Waals surface area contributed by atoms with Gasteiger partial charge < -0.3 is 10.2 Å². The lowest BCUT2D eigenvalue weighted by atomic mass is 10.1. The van der Waals surface area contributed by atoms with Crippen LogP contribution in [0.1, 0.15) is 31.4 Å². The molecule has 0 heterocycles. The Kier molecular flexibility index (Phi) is 9.26. The highest BCUT2D eigenvalue weighted by atomic mass is 32.2. The van der Waals surface area contributed by atoms with Gasteiger partial charge in [-0.1, -0.05) is 55.0 Å². The van der Waals surface area contributed by atoms with Gasteiger partial charge in [0.1, 0.15) is 12.6 Å². The first-order valence-corrected chi connectivity index (χ1v) is 12.6. The molecule has 2 amide bonds. The molecule has 0 saturated carbocycles. The lowest BCUT2D eigenvalue weighted by molar-refractivity contribution is -0.138. The van der Waals surface area contributed by atoms with Crippen molar-refractivity contribution in [2.45, 2.75) is 39.7 Å². The Balaban J connectivity index is 2.27. The third-order valence-corrected chi connectivity index (χ3v) is 6.34. The van der Waals surface area contributed by atoms with E-state index in [2.05, 4.69) is 5.32 Å². The van der Waals surface area contributed by atoms with E-state index in [0.717, 1.165) is 28.1 Å². The molecule has 0 aliphatic rings. The molecule has 8 heteroatoms. The molecule has 32 heavy (non-hydrogen) atoms. The summed E-state index contributed by atoms with van der Waals surface area (Å²) >= 11 is 0. The summed E-state index contributed by atoms with van der Waals surface area (Å²) in [6, 6.07) is 15.9. The molecule has 0 fully saturated rings. The topological polar surface area (TPSA) is 86.8 Å². The van der Waals surface area contributed by atoms with Gasteiger partial charge in [0.15, 0.2) is 0 Å². The maximum Gasteiger partial charge on any atom is 0.244 e. The molecule has 1 atom stereocenters. The largest absolute Gasteiger partial charge is 0.354 e. The van der Waals surface area contributed by atoms with Gasteiger partial charge in [-0.15, -0.1) is 0 Å². The molecule has 2 aromatic carbocycles. The number of nitrogens with one attached hydrogen (secondary N) is 1. The van der Waals surface area contributed by atoms with Gasteiger partial charge in [0, 0.05) is 13.1 Å². The molecule has 1 N–H and O–H groups in total. The van der Waals surface area contributed by atoms with Crippen LogP contribution in [0.2, 0.25) is 0 Å². The van der Waals surface area contributed by atoms with Crippen molar-refractivity contribution in [3.8, 4) is 0 Å². The molecule has 2 rings (SSSR count). The Morgan fingerprint density at radius 3 is 2.22 bits per heavy atom. The number of anilines is 1. The predicted octanol–water partition coefficient (Wildman–Crippen LogP) is 2.75. The molecule has 0 saturated heterocycles. The maximum atomic E-state index is 13.3. The van der Waals surface area contributed by atoms with Crippen LogP contribution in [-0.2, 0) is 26.0 Å².